The maximum Gasteiger partial charge on any atom is 0.255 e. The van der Waals surface area contributed by atoms with E-state index in [9.17, 15) is 9.59 Å². The summed E-state index contributed by atoms with van der Waals surface area (Å²) in [6.45, 7) is 1.80. The molecule has 1 heterocycles. The number of carbonyl (C=O) groups excluding carboxylic acids is 2. The zero-order valence-corrected chi connectivity index (χ0v) is 12.5. The van der Waals surface area contributed by atoms with Crippen molar-refractivity contribution >= 4 is 23.2 Å². The monoisotopic (exact) mass is 307 g/mol. The number of amides is 2. The van der Waals surface area contributed by atoms with Gasteiger partial charge in [0.25, 0.3) is 5.91 Å². The Morgan fingerprint density at radius 1 is 0.870 bits per heavy atom. The number of anilines is 2. The van der Waals surface area contributed by atoms with Gasteiger partial charge in [-0.15, -0.1) is 0 Å². The van der Waals surface area contributed by atoms with Crippen LogP contribution < -0.4 is 16.0 Å². The molecule has 5 nitrogen and oxygen atoms in total. The van der Waals surface area contributed by atoms with Crippen LogP contribution in [0.3, 0.4) is 0 Å². The summed E-state index contributed by atoms with van der Waals surface area (Å²) in [7, 11) is 0. The van der Waals surface area contributed by atoms with Crippen molar-refractivity contribution in [3.63, 3.8) is 0 Å². The molecule has 1 aliphatic rings. The van der Waals surface area contributed by atoms with Gasteiger partial charge >= 0.3 is 0 Å². The van der Waals surface area contributed by atoms with Crippen molar-refractivity contribution in [2.24, 2.45) is 5.73 Å². The molecule has 0 unspecified atom stereocenters. The Balaban J connectivity index is 1.66. The van der Waals surface area contributed by atoms with Crippen LogP contribution in [0.2, 0.25) is 0 Å². The van der Waals surface area contributed by atoms with Crippen LogP contribution in [0.4, 0.5) is 11.4 Å². The number of hydrogen-bond acceptors (Lipinski definition) is 3. The first kappa shape index (κ1) is 14.8. The number of rotatable bonds is 4. The van der Waals surface area contributed by atoms with E-state index in [1.54, 1.807) is 36.4 Å². The highest BCUT2D eigenvalue weighted by atomic mass is 16.2. The van der Waals surface area contributed by atoms with Crippen molar-refractivity contribution in [1.29, 1.82) is 0 Å². The Morgan fingerprint density at radius 2 is 1.43 bits per heavy atom. The summed E-state index contributed by atoms with van der Waals surface area (Å²) >= 11 is 0. The summed E-state index contributed by atoms with van der Waals surface area (Å²) in [5.74, 6) is -0.683. The highest BCUT2D eigenvalue weighted by Crippen LogP contribution is 2.18. The lowest BCUT2D eigenvalue weighted by molar-refractivity contribution is 0.0998. The lowest BCUT2D eigenvalue weighted by Gasteiger charge is -2.17. The number of nitrogens with zero attached hydrogens (tertiary/aromatic N) is 1. The van der Waals surface area contributed by atoms with Crippen LogP contribution in [0.1, 0.15) is 20.7 Å². The highest BCUT2D eigenvalue weighted by Gasteiger charge is 2.10. The standard InChI is InChI=1S/C18H17N3O2/c19-17(22)13-3-7-15(8-4-13)20-18(23)14-5-9-16(10-6-14)21-11-1-2-12-21/h1-10H,11-12H2,(H2,19,22)(H,20,23). The summed E-state index contributed by atoms with van der Waals surface area (Å²) in [5.41, 5.74) is 7.89. The van der Waals surface area contributed by atoms with Crippen molar-refractivity contribution in [3.05, 3.63) is 71.8 Å². The molecule has 3 rings (SSSR count). The average molecular weight is 307 g/mol. The van der Waals surface area contributed by atoms with E-state index in [1.807, 2.05) is 12.1 Å². The molecule has 0 atom stereocenters. The predicted molar refractivity (Wildman–Crippen MR) is 90.7 cm³/mol. The zero-order chi connectivity index (χ0) is 16.2. The molecule has 23 heavy (non-hydrogen) atoms. The van der Waals surface area contributed by atoms with E-state index in [1.165, 1.54) is 0 Å². The molecule has 1 aliphatic heterocycles. The molecule has 5 heteroatoms. The minimum atomic E-state index is -0.491. The topological polar surface area (TPSA) is 75.4 Å². The summed E-state index contributed by atoms with van der Waals surface area (Å²) in [6.07, 6.45) is 4.24. The molecule has 0 fully saturated rings. The molecule has 2 aromatic carbocycles. The van der Waals surface area contributed by atoms with Crippen molar-refractivity contribution in [1.82, 2.24) is 0 Å². The van der Waals surface area contributed by atoms with E-state index in [0.29, 0.717) is 16.8 Å². The van der Waals surface area contributed by atoms with Crippen LogP contribution in [-0.2, 0) is 0 Å². The molecule has 0 radical (unpaired) electrons. The smallest absolute Gasteiger partial charge is 0.255 e. The molecular weight excluding hydrogens is 290 g/mol. The number of nitrogens with one attached hydrogen (secondary N) is 1. The Kier molecular flexibility index (Phi) is 4.10. The van der Waals surface area contributed by atoms with Gasteiger partial charge in [-0.05, 0) is 48.5 Å². The van der Waals surface area contributed by atoms with Gasteiger partial charge in [0.15, 0.2) is 0 Å². The van der Waals surface area contributed by atoms with E-state index < -0.39 is 5.91 Å². The Bertz CT molecular complexity index is 741. The average Bonchev–Trinajstić information content (AvgIpc) is 3.10. The summed E-state index contributed by atoms with van der Waals surface area (Å²) in [6, 6.07) is 14.0. The normalized spacial score (nSPS) is 13.1. The SMILES string of the molecule is NC(=O)c1ccc(NC(=O)c2ccc(N3CC=CC3)cc2)cc1. The van der Waals surface area contributed by atoms with E-state index in [-0.39, 0.29) is 5.91 Å². The van der Waals surface area contributed by atoms with Crippen LogP contribution in [0.15, 0.2) is 60.7 Å². The quantitative estimate of drug-likeness (QED) is 0.852. The summed E-state index contributed by atoms with van der Waals surface area (Å²) in [4.78, 5) is 25.5. The fraction of sp³-hybridized carbons (Fsp3) is 0.111. The third-order valence-corrected chi connectivity index (χ3v) is 3.74. The first-order valence-corrected chi connectivity index (χ1v) is 7.35. The third kappa shape index (κ3) is 3.40. The van der Waals surface area contributed by atoms with Gasteiger partial charge in [0.2, 0.25) is 5.91 Å². The van der Waals surface area contributed by atoms with Gasteiger partial charge in [-0.3, -0.25) is 9.59 Å². The second-order valence-electron chi connectivity index (χ2n) is 5.32. The van der Waals surface area contributed by atoms with Gasteiger partial charge < -0.3 is 16.0 Å². The molecular formula is C18H17N3O2. The number of nitrogens with two attached hydrogens (primary N) is 1. The predicted octanol–water partition coefficient (Wildman–Crippen LogP) is 2.41. The van der Waals surface area contributed by atoms with Crippen molar-refractivity contribution in [2.45, 2.75) is 0 Å². The molecule has 0 saturated heterocycles. The van der Waals surface area contributed by atoms with E-state index >= 15 is 0 Å². The van der Waals surface area contributed by atoms with Crippen LogP contribution in [0.5, 0.6) is 0 Å². The molecule has 116 valence electrons. The number of carbonyl (C=O) groups is 2. The number of primary amides is 1. The third-order valence-electron chi connectivity index (χ3n) is 3.74. The minimum Gasteiger partial charge on any atom is -0.366 e. The van der Waals surface area contributed by atoms with E-state index in [2.05, 4.69) is 22.4 Å². The number of hydrogen-bond donors (Lipinski definition) is 2. The van der Waals surface area contributed by atoms with E-state index in [0.717, 1.165) is 18.8 Å². The second-order valence-corrected chi connectivity index (χ2v) is 5.32. The largest absolute Gasteiger partial charge is 0.366 e. The lowest BCUT2D eigenvalue weighted by Crippen LogP contribution is -2.18. The number of benzene rings is 2. The molecule has 0 spiro atoms. The van der Waals surface area contributed by atoms with Crippen molar-refractivity contribution in [3.8, 4) is 0 Å². The highest BCUT2D eigenvalue weighted by molar-refractivity contribution is 6.04. The molecule has 2 amide bonds. The van der Waals surface area contributed by atoms with Crippen molar-refractivity contribution in [2.75, 3.05) is 23.3 Å². The Hall–Kier alpha value is -3.08. The maximum atomic E-state index is 12.2. The molecule has 0 saturated carbocycles. The second kappa shape index (κ2) is 6.36. The first-order chi connectivity index (χ1) is 11.1. The van der Waals surface area contributed by atoms with Crippen LogP contribution in [0.25, 0.3) is 0 Å². The summed E-state index contributed by atoms with van der Waals surface area (Å²) in [5, 5.41) is 2.80. The Labute approximate surface area is 134 Å². The van der Waals surface area contributed by atoms with Gasteiger partial charge in [-0.2, -0.15) is 0 Å². The van der Waals surface area contributed by atoms with Gasteiger partial charge in [-0.1, -0.05) is 12.2 Å². The molecule has 0 bridgehead atoms. The lowest BCUT2D eigenvalue weighted by atomic mass is 10.1. The Morgan fingerprint density at radius 3 is 2.00 bits per heavy atom. The minimum absolute atomic E-state index is 0.192. The van der Waals surface area contributed by atoms with Crippen LogP contribution in [-0.4, -0.2) is 24.9 Å². The molecule has 2 aromatic rings. The fourth-order valence-electron chi connectivity index (χ4n) is 2.43. The van der Waals surface area contributed by atoms with Gasteiger partial charge in [0.1, 0.15) is 0 Å². The van der Waals surface area contributed by atoms with E-state index in [4.69, 9.17) is 5.73 Å². The maximum absolute atomic E-state index is 12.2. The molecule has 0 aliphatic carbocycles. The summed E-state index contributed by atoms with van der Waals surface area (Å²) < 4.78 is 0. The zero-order valence-electron chi connectivity index (χ0n) is 12.5. The van der Waals surface area contributed by atoms with Gasteiger partial charge in [0.05, 0.1) is 0 Å². The van der Waals surface area contributed by atoms with Crippen LogP contribution in [0, 0.1) is 0 Å². The van der Waals surface area contributed by atoms with Gasteiger partial charge in [0, 0.05) is 35.6 Å². The first-order valence-electron chi connectivity index (χ1n) is 7.35. The van der Waals surface area contributed by atoms with Crippen LogP contribution >= 0.6 is 0 Å². The van der Waals surface area contributed by atoms with Gasteiger partial charge in [-0.25, -0.2) is 0 Å². The fourth-order valence-corrected chi connectivity index (χ4v) is 2.43. The molecule has 0 aromatic heterocycles. The van der Waals surface area contributed by atoms with Crippen molar-refractivity contribution < 1.29 is 9.59 Å². The molecule has 3 N–H and O–H groups in total.